The number of nitrogens with one attached hydrogen (secondary N) is 4. The van der Waals surface area contributed by atoms with Crippen molar-refractivity contribution < 1.29 is 99.4 Å². The fraction of sp³-hybridized carbons (Fsp3) is 0.743. The van der Waals surface area contributed by atoms with E-state index in [9.17, 15) is 38.7 Å². The molecule has 4 rings (SSSR count). The van der Waals surface area contributed by atoms with Gasteiger partial charge in [-0.05, 0) is 50.5 Å². The smallest absolute Gasteiger partial charge is 0.456 e. The van der Waals surface area contributed by atoms with Crippen molar-refractivity contribution in [2.75, 3.05) is 46.1 Å². The molecule has 2 aromatic carbocycles. The SMILES string of the molecule is CCCCCCCCCCCCCC(=O)N[C@H]1[C@@H](OCC)O[C@H](CO[C@@H]2O[C@H](COC(=O)OCC(Cl)(Cl)Cl)[C@@H](OP(=O)(Oc3ccccc3)Oc3ccccc3)[C@H](OC(=O)CNC(=O)CCCCCCCCCCC)[C@H]2NC(=O)OCC(Cl)(Cl)Cl)[C@@H](O)[C@@H]1OC(=O)CNC(=O)CCCCCCCCCCC. The maximum atomic E-state index is 15.6. The minimum Gasteiger partial charge on any atom is -0.456 e. The number of alkyl halides is 6. The van der Waals surface area contributed by atoms with E-state index in [4.69, 9.17) is 126 Å². The van der Waals surface area contributed by atoms with Crippen LogP contribution < -0.4 is 30.3 Å². The third-order valence-corrected chi connectivity index (χ3v) is 19.4. The number of hydrogen-bond donors (Lipinski definition) is 5. The van der Waals surface area contributed by atoms with Gasteiger partial charge in [-0.25, -0.2) is 14.2 Å². The topological polar surface area (TPSA) is 316 Å². The van der Waals surface area contributed by atoms with Crippen molar-refractivity contribution in [3.05, 3.63) is 60.7 Å². The van der Waals surface area contributed by atoms with E-state index in [0.29, 0.717) is 19.3 Å². The average Bonchev–Trinajstić information content (AvgIpc) is 0.775. The van der Waals surface area contributed by atoms with Crippen LogP contribution in [0, 0.1) is 0 Å². The molecule has 0 aliphatic carbocycles. The monoisotopic (exact) mass is 1640 g/mol. The summed E-state index contributed by atoms with van der Waals surface area (Å²) in [6.07, 6.45) is 12.2. The maximum Gasteiger partial charge on any atom is 0.588 e. The molecule has 0 bridgehead atoms. The van der Waals surface area contributed by atoms with Crippen molar-refractivity contribution in [3.63, 3.8) is 0 Å². The van der Waals surface area contributed by atoms with E-state index in [2.05, 4.69) is 42.0 Å². The fourth-order valence-corrected chi connectivity index (χ4v) is 13.6. The van der Waals surface area contributed by atoms with Gasteiger partial charge in [0.1, 0.15) is 80.9 Å². The Morgan fingerprint density at radius 2 is 0.840 bits per heavy atom. The molecule has 106 heavy (non-hydrogen) atoms. The van der Waals surface area contributed by atoms with Crippen LogP contribution >= 0.6 is 77.4 Å². The van der Waals surface area contributed by atoms with Crippen LogP contribution in [0.4, 0.5) is 9.59 Å². The summed E-state index contributed by atoms with van der Waals surface area (Å²) in [5.74, 6) is -3.72. The Bertz CT molecular complexity index is 2800. The summed E-state index contributed by atoms with van der Waals surface area (Å²) in [5.41, 5.74) is 0. The van der Waals surface area contributed by atoms with Crippen LogP contribution in [-0.4, -0.2) is 162 Å². The van der Waals surface area contributed by atoms with E-state index < -0.39 is 158 Å². The van der Waals surface area contributed by atoms with Crippen LogP contribution in [0.15, 0.2) is 60.7 Å². The van der Waals surface area contributed by atoms with Gasteiger partial charge in [0.15, 0.2) is 24.8 Å². The first-order valence-corrected chi connectivity index (χ1v) is 41.7. The largest absolute Gasteiger partial charge is 0.588 e. The molecule has 0 radical (unpaired) electrons. The molecule has 604 valence electrons. The predicted molar refractivity (Wildman–Crippen MR) is 406 cm³/mol. The first kappa shape index (κ1) is 94.0. The Hall–Kier alpha value is -4.34. The van der Waals surface area contributed by atoms with Gasteiger partial charge in [-0.15, -0.1) is 0 Å². The number of hydrogen-bond acceptors (Lipinski definition) is 21. The van der Waals surface area contributed by atoms with Gasteiger partial charge in [0, 0.05) is 25.9 Å². The number of carbonyl (C=O) groups is 7. The molecule has 0 aromatic heterocycles. The van der Waals surface area contributed by atoms with Gasteiger partial charge < -0.3 is 78.1 Å². The number of aliphatic hydroxyl groups excluding tert-OH is 1. The number of carbonyl (C=O) groups excluding carboxylic acids is 7. The molecule has 2 fully saturated rings. The number of ether oxygens (including phenoxy) is 9. The number of unbranched alkanes of at least 4 members (excludes halogenated alkanes) is 26. The third kappa shape index (κ3) is 41.6. The van der Waals surface area contributed by atoms with Crippen LogP contribution in [0.2, 0.25) is 0 Å². The molecule has 5 N–H and O–H groups in total. The molecule has 10 atom stereocenters. The molecule has 0 unspecified atom stereocenters. The average molecular weight is 1640 g/mol. The second-order valence-corrected chi connectivity index (χ2v) is 33.0. The number of amides is 4. The molecule has 2 aliphatic rings. The number of phosphoric acid groups is 1. The van der Waals surface area contributed by atoms with E-state index in [0.717, 1.165) is 116 Å². The highest BCUT2D eigenvalue weighted by atomic mass is 35.6. The number of phosphoric ester groups is 1. The van der Waals surface area contributed by atoms with Crippen LogP contribution in [0.3, 0.4) is 0 Å². The van der Waals surface area contributed by atoms with Crippen molar-refractivity contribution >= 4 is 119 Å². The summed E-state index contributed by atoms with van der Waals surface area (Å²) in [6, 6.07) is 11.8. The summed E-state index contributed by atoms with van der Waals surface area (Å²) >= 11 is 35.9. The van der Waals surface area contributed by atoms with Crippen molar-refractivity contribution in [1.82, 2.24) is 21.3 Å². The molecular formula is C74H115Cl6N4O21P. The highest BCUT2D eigenvalue weighted by molar-refractivity contribution is 7.49. The lowest BCUT2D eigenvalue weighted by atomic mass is 9.95. The quantitative estimate of drug-likeness (QED) is 0.0135. The van der Waals surface area contributed by atoms with E-state index in [1.54, 1.807) is 43.3 Å². The summed E-state index contributed by atoms with van der Waals surface area (Å²) in [6.45, 7) is 3.14. The van der Waals surface area contributed by atoms with Crippen LogP contribution in [-0.2, 0) is 75.7 Å². The lowest BCUT2D eigenvalue weighted by Crippen LogP contribution is -2.68. The van der Waals surface area contributed by atoms with Gasteiger partial charge in [0.05, 0.1) is 6.61 Å². The minimum absolute atomic E-state index is 0.0469. The lowest BCUT2D eigenvalue weighted by molar-refractivity contribution is -0.303. The van der Waals surface area contributed by atoms with Gasteiger partial charge in [0.25, 0.3) is 0 Å². The predicted octanol–water partition coefficient (Wildman–Crippen LogP) is 16.6. The second-order valence-electron chi connectivity index (χ2n) is 26.5. The first-order valence-electron chi connectivity index (χ1n) is 37.9. The minimum atomic E-state index is -5.21. The lowest BCUT2D eigenvalue weighted by Gasteiger charge is -2.47. The van der Waals surface area contributed by atoms with Crippen LogP contribution in [0.1, 0.15) is 233 Å². The molecule has 0 saturated carbocycles. The Balaban J connectivity index is 1.78. The molecule has 2 saturated heterocycles. The molecule has 0 spiro atoms. The van der Waals surface area contributed by atoms with Crippen molar-refractivity contribution in [2.45, 2.75) is 302 Å². The summed E-state index contributed by atoms with van der Waals surface area (Å²) in [5, 5.41) is 23.0. The second kappa shape index (κ2) is 54.3. The van der Waals surface area contributed by atoms with Gasteiger partial charge in [-0.1, -0.05) is 294 Å². The van der Waals surface area contributed by atoms with E-state index in [1.807, 2.05) is 0 Å². The zero-order chi connectivity index (χ0) is 77.4. The number of halogens is 6. The molecule has 32 heteroatoms. The van der Waals surface area contributed by atoms with Gasteiger partial charge in [-0.2, -0.15) is 0 Å². The number of aliphatic hydroxyl groups is 1. The van der Waals surface area contributed by atoms with Crippen LogP contribution in [0.5, 0.6) is 11.5 Å². The van der Waals surface area contributed by atoms with E-state index >= 15 is 4.57 Å². The fourth-order valence-electron chi connectivity index (χ4n) is 11.8. The van der Waals surface area contributed by atoms with Crippen molar-refractivity contribution in [1.29, 1.82) is 0 Å². The summed E-state index contributed by atoms with van der Waals surface area (Å²) in [4.78, 5) is 96.5. The first-order chi connectivity index (χ1) is 50.9. The number of benzene rings is 2. The van der Waals surface area contributed by atoms with E-state index in [1.165, 1.54) is 75.6 Å². The Kier molecular flexibility index (Phi) is 48.2. The van der Waals surface area contributed by atoms with Crippen molar-refractivity contribution in [3.8, 4) is 11.5 Å². The molecule has 2 aliphatic heterocycles. The number of alkyl carbamates (subject to hydrolysis) is 1. The normalized spacial score (nSPS) is 20.3. The molecule has 2 aromatic rings. The zero-order valence-electron chi connectivity index (χ0n) is 62.0. The summed E-state index contributed by atoms with van der Waals surface area (Å²) < 4.78 is 83.2. The molecular weight excluding hydrogens is 1520 g/mol. The standard InChI is InChI=1S/C74H115Cl6N4O21P/c1-5-9-12-15-18-21-22-25-28-31-40-47-60(87)83-63-67(101-61(88)48-81-58(85)45-38-29-26-23-19-16-13-10-6-2)65(90)56(99-69(63)94-8-4)50-95-70-64(84-71(91)97-52-73(75,76)77)68(102-62(89)49-82-59(86)46-39-30-27-24-20-17-14-11-7-3)66(57(100-70)51-96-72(92)98-53-74(78,79)80)105-106(93,103-54-41-34-32-35-42-54)104-55-43-36-33-37-44-55/h32-37,41-44,56-57,63-70,90H,5-31,38-40,45-53H2,1-4H3,(H,81,85)(H,82,86)(H,83,87)(H,84,91)/t56-,57-,63-,64-,65-,66-,67-,68-,69+,70-/m1/s1. The molecule has 4 amide bonds. The Morgan fingerprint density at radius 1 is 0.453 bits per heavy atom. The third-order valence-electron chi connectivity index (χ3n) is 17.4. The highest BCUT2D eigenvalue weighted by Crippen LogP contribution is 2.53. The van der Waals surface area contributed by atoms with E-state index in [-0.39, 0.29) is 37.4 Å². The summed E-state index contributed by atoms with van der Waals surface area (Å²) in [7, 11) is -5.21. The van der Waals surface area contributed by atoms with Gasteiger partial charge in [0.2, 0.25) is 25.3 Å². The number of esters is 2. The Morgan fingerprint density at radius 3 is 1.27 bits per heavy atom. The maximum absolute atomic E-state index is 15.6. The van der Waals surface area contributed by atoms with Crippen molar-refractivity contribution in [2.24, 2.45) is 0 Å². The van der Waals surface area contributed by atoms with Gasteiger partial charge >= 0.3 is 32.0 Å². The number of para-hydroxylation sites is 2. The zero-order valence-corrected chi connectivity index (χ0v) is 67.4. The number of rotatable bonds is 55. The molecule has 2 heterocycles. The van der Waals surface area contributed by atoms with Crippen LogP contribution in [0.25, 0.3) is 0 Å². The highest BCUT2D eigenvalue weighted by Gasteiger charge is 2.56. The Labute approximate surface area is 656 Å². The molecule has 25 nitrogen and oxygen atoms in total. The van der Waals surface area contributed by atoms with Gasteiger partial charge in [-0.3, -0.25) is 28.5 Å².